The van der Waals surface area contributed by atoms with Gasteiger partial charge in [0.2, 0.25) is 0 Å². The molecule has 0 aromatic heterocycles. The highest BCUT2D eigenvalue weighted by molar-refractivity contribution is 9.12. The molecule has 46 valence electrons. The van der Waals surface area contributed by atoms with E-state index in [0.29, 0.717) is 10.7 Å². The van der Waals surface area contributed by atoms with Crippen molar-refractivity contribution in [1.29, 1.82) is 0 Å². The second-order valence-electron chi connectivity index (χ2n) is 1.88. The lowest BCUT2D eigenvalue weighted by Crippen LogP contribution is -2.02. The van der Waals surface area contributed by atoms with E-state index in [1.165, 1.54) is 0 Å². The average Bonchev–Trinajstić information content (AvgIpc) is 1.67. The SMILES string of the molecule is CC(C)C(Br)C#CBr. The van der Waals surface area contributed by atoms with Crippen LogP contribution in [-0.4, -0.2) is 4.83 Å². The number of hydrogen-bond donors (Lipinski definition) is 0. The van der Waals surface area contributed by atoms with Crippen molar-refractivity contribution < 1.29 is 0 Å². The Morgan fingerprint density at radius 2 is 1.88 bits per heavy atom. The molecule has 0 radical (unpaired) electrons. The minimum absolute atomic E-state index is 0.321. The molecule has 0 rings (SSSR count). The molecule has 1 unspecified atom stereocenters. The Bertz CT molecular complexity index is 107. The zero-order valence-corrected chi connectivity index (χ0v) is 8.08. The van der Waals surface area contributed by atoms with Gasteiger partial charge in [0.15, 0.2) is 0 Å². The summed E-state index contributed by atoms with van der Waals surface area (Å²) in [5.74, 6) is 3.51. The maximum absolute atomic E-state index is 3.40. The second-order valence-corrected chi connectivity index (χ2v) is 3.27. The van der Waals surface area contributed by atoms with Gasteiger partial charge in [-0.05, 0) is 10.7 Å². The fourth-order valence-electron chi connectivity index (χ4n) is 0.219. The fraction of sp³-hybridized carbons (Fsp3) is 0.667. The maximum Gasteiger partial charge on any atom is 0.0786 e. The molecular weight excluding hydrogens is 232 g/mol. The highest BCUT2D eigenvalue weighted by atomic mass is 79.9. The summed E-state index contributed by atoms with van der Waals surface area (Å²) in [6, 6.07) is 0. The molecule has 0 bridgehead atoms. The van der Waals surface area contributed by atoms with Crippen molar-refractivity contribution in [3.05, 3.63) is 0 Å². The zero-order chi connectivity index (χ0) is 6.57. The predicted octanol–water partition coefficient (Wildman–Crippen LogP) is 2.76. The number of hydrogen-bond acceptors (Lipinski definition) is 0. The van der Waals surface area contributed by atoms with Crippen LogP contribution in [0.1, 0.15) is 13.8 Å². The first-order valence-corrected chi connectivity index (χ1v) is 4.14. The molecule has 8 heavy (non-hydrogen) atoms. The largest absolute Gasteiger partial charge is 0.0786 e. The summed E-state index contributed by atoms with van der Waals surface area (Å²) < 4.78 is 0. The molecular formula is C6H8Br2. The van der Waals surface area contributed by atoms with E-state index in [-0.39, 0.29) is 0 Å². The van der Waals surface area contributed by atoms with Crippen molar-refractivity contribution in [1.82, 2.24) is 0 Å². The van der Waals surface area contributed by atoms with E-state index in [4.69, 9.17) is 0 Å². The summed E-state index contributed by atoms with van der Waals surface area (Å²) >= 11 is 6.43. The van der Waals surface area contributed by atoms with Crippen LogP contribution in [0.5, 0.6) is 0 Å². The Labute approximate surface area is 67.3 Å². The Hall–Kier alpha value is 0.520. The Kier molecular flexibility index (Phi) is 4.69. The summed E-state index contributed by atoms with van der Waals surface area (Å²) in [5, 5.41) is 0. The van der Waals surface area contributed by atoms with E-state index in [0.717, 1.165) is 0 Å². The number of halogens is 2. The van der Waals surface area contributed by atoms with Crippen molar-refractivity contribution in [3.8, 4) is 10.8 Å². The van der Waals surface area contributed by atoms with Crippen LogP contribution in [0.3, 0.4) is 0 Å². The van der Waals surface area contributed by atoms with Gasteiger partial charge in [0.25, 0.3) is 0 Å². The molecule has 0 saturated heterocycles. The van der Waals surface area contributed by atoms with Crippen LogP contribution >= 0.6 is 31.9 Å². The Morgan fingerprint density at radius 1 is 1.38 bits per heavy atom. The van der Waals surface area contributed by atoms with Crippen molar-refractivity contribution in [3.63, 3.8) is 0 Å². The lowest BCUT2D eigenvalue weighted by molar-refractivity contribution is 0.697. The van der Waals surface area contributed by atoms with Gasteiger partial charge in [0.1, 0.15) is 0 Å². The first-order valence-electron chi connectivity index (χ1n) is 2.43. The lowest BCUT2D eigenvalue weighted by Gasteiger charge is -2.03. The van der Waals surface area contributed by atoms with Crippen LogP contribution in [0.25, 0.3) is 0 Å². The molecule has 0 aromatic carbocycles. The van der Waals surface area contributed by atoms with Crippen LogP contribution in [-0.2, 0) is 0 Å². The van der Waals surface area contributed by atoms with Crippen molar-refractivity contribution in [2.45, 2.75) is 18.7 Å². The van der Waals surface area contributed by atoms with Gasteiger partial charge in [-0.1, -0.05) is 35.7 Å². The Morgan fingerprint density at radius 3 is 2.00 bits per heavy atom. The average molecular weight is 240 g/mol. The van der Waals surface area contributed by atoms with Gasteiger partial charge >= 0.3 is 0 Å². The van der Waals surface area contributed by atoms with Crippen molar-refractivity contribution >= 4 is 31.9 Å². The third kappa shape index (κ3) is 3.51. The minimum Gasteiger partial charge on any atom is -0.0755 e. The molecule has 0 heterocycles. The van der Waals surface area contributed by atoms with Gasteiger partial charge < -0.3 is 0 Å². The summed E-state index contributed by atoms with van der Waals surface area (Å²) in [4.78, 5) is 2.99. The molecule has 0 aliphatic carbocycles. The second kappa shape index (κ2) is 4.40. The summed E-state index contributed by atoms with van der Waals surface area (Å²) in [6.07, 6.45) is 0. The first-order chi connectivity index (χ1) is 3.68. The van der Waals surface area contributed by atoms with E-state index in [1.54, 1.807) is 0 Å². The summed E-state index contributed by atoms with van der Waals surface area (Å²) in [6.45, 7) is 4.24. The Balaban J connectivity index is 3.58. The minimum atomic E-state index is 0.321. The topological polar surface area (TPSA) is 0 Å². The first kappa shape index (κ1) is 8.52. The molecule has 0 aliphatic heterocycles. The van der Waals surface area contributed by atoms with Gasteiger partial charge in [0.05, 0.1) is 4.83 Å². The number of rotatable bonds is 1. The van der Waals surface area contributed by atoms with Crippen LogP contribution in [0, 0.1) is 16.7 Å². The number of alkyl halides is 1. The van der Waals surface area contributed by atoms with E-state index in [1.807, 2.05) is 0 Å². The van der Waals surface area contributed by atoms with Gasteiger partial charge in [-0.25, -0.2) is 0 Å². The van der Waals surface area contributed by atoms with Gasteiger partial charge in [-0.2, -0.15) is 0 Å². The van der Waals surface area contributed by atoms with Crippen LogP contribution < -0.4 is 0 Å². The molecule has 0 fully saturated rings. The quantitative estimate of drug-likeness (QED) is 0.488. The van der Waals surface area contributed by atoms with Gasteiger partial charge in [-0.3, -0.25) is 0 Å². The molecule has 0 spiro atoms. The normalized spacial score (nSPS) is 12.6. The third-order valence-corrected chi connectivity index (χ3v) is 2.29. The predicted molar refractivity (Wildman–Crippen MR) is 44.3 cm³/mol. The van der Waals surface area contributed by atoms with Crippen LogP contribution in [0.2, 0.25) is 0 Å². The van der Waals surface area contributed by atoms with Gasteiger partial charge in [-0.15, -0.1) is 0 Å². The van der Waals surface area contributed by atoms with Crippen LogP contribution in [0.15, 0.2) is 0 Å². The molecule has 0 aliphatic rings. The standard InChI is InChI=1S/C6H8Br2/c1-5(2)6(8)3-4-7/h5-6H,1-2H3. The lowest BCUT2D eigenvalue weighted by atomic mass is 10.1. The summed E-state index contributed by atoms with van der Waals surface area (Å²) in [7, 11) is 0. The molecule has 1 atom stereocenters. The fourth-order valence-corrected chi connectivity index (χ4v) is 0.887. The molecule has 2 heteroatoms. The van der Waals surface area contributed by atoms with E-state index in [2.05, 4.69) is 56.5 Å². The van der Waals surface area contributed by atoms with Crippen molar-refractivity contribution in [2.24, 2.45) is 5.92 Å². The maximum atomic E-state index is 3.40. The smallest absolute Gasteiger partial charge is 0.0755 e. The molecule has 0 nitrogen and oxygen atoms in total. The van der Waals surface area contributed by atoms with Crippen LogP contribution in [0.4, 0.5) is 0 Å². The van der Waals surface area contributed by atoms with Crippen molar-refractivity contribution in [2.75, 3.05) is 0 Å². The van der Waals surface area contributed by atoms with Gasteiger partial charge in [0, 0.05) is 15.9 Å². The highest BCUT2D eigenvalue weighted by Crippen LogP contribution is 2.09. The molecule has 0 saturated carbocycles. The summed E-state index contributed by atoms with van der Waals surface area (Å²) in [5.41, 5.74) is 0. The van der Waals surface area contributed by atoms with E-state index >= 15 is 0 Å². The zero-order valence-electron chi connectivity index (χ0n) is 4.91. The molecule has 0 aromatic rings. The van der Waals surface area contributed by atoms with E-state index in [9.17, 15) is 0 Å². The van der Waals surface area contributed by atoms with E-state index < -0.39 is 0 Å². The highest BCUT2D eigenvalue weighted by Gasteiger charge is 2.02. The third-order valence-electron chi connectivity index (χ3n) is 0.778. The monoisotopic (exact) mass is 238 g/mol. The molecule has 0 N–H and O–H groups in total. The molecule has 0 amide bonds.